The predicted octanol–water partition coefficient (Wildman–Crippen LogP) is 3.91. The summed E-state index contributed by atoms with van der Waals surface area (Å²) in [6.45, 7) is 2.03. The quantitative estimate of drug-likeness (QED) is 0.765. The molecule has 0 amide bonds. The molecule has 0 saturated carbocycles. The van der Waals surface area contributed by atoms with Gasteiger partial charge in [0.2, 0.25) is 0 Å². The number of aromatic nitrogens is 1. The van der Waals surface area contributed by atoms with E-state index in [1.165, 1.54) is 0 Å². The van der Waals surface area contributed by atoms with Crippen molar-refractivity contribution in [2.45, 2.75) is 13.3 Å². The zero-order valence-electron chi connectivity index (χ0n) is 12.2. The van der Waals surface area contributed by atoms with E-state index in [4.69, 9.17) is 5.11 Å². The molecule has 1 heterocycles. The standard InChI is InChI=1S/C18H16N2O2/c1-12-5-4-6-13(9-12)19-17-10-14(11-18(21)22)20-16-8-3-2-7-15(16)17/h2-10H,11H2,1H3,(H,19,20)(H,21,22). The molecule has 4 heteroatoms. The smallest absolute Gasteiger partial charge is 0.309 e. The molecular formula is C18H16N2O2. The number of anilines is 2. The lowest BCUT2D eigenvalue weighted by molar-refractivity contribution is -0.136. The van der Waals surface area contributed by atoms with Gasteiger partial charge in [-0.15, -0.1) is 0 Å². The first-order valence-corrected chi connectivity index (χ1v) is 7.06. The Bertz CT molecular complexity index is 843. The van der Waals surface area contributed by atoms with Crippen LogP contribution in [0, 0.1) is 6.92 Å². The van der Waals surface area contributed by atoms with Crippen molar-refractivity contribution >= 4 is 28.2 Å². The second kappa shape index (κ2) is 5.85. The van der Waals surface area contributed by atoms with Crippen molar-refractivity contribution in [3.63, 3.8) is 0 Å². The first kappa shape index (κ1) is 14.1. The maximum atomic E-state index is 11.0. The minimum absolute atomic E-state index is 0.0899. The van der Waals surface area contributed by atoms with Gasteiger partial charge in [0, 0.05) is 16.8 Å². The lowest BCUT2D eigenvalue weighted by Crippen LogP contribution is -2.04. The Hall–Kier alpha value is -2.88. The van der Waals surface area contributed by atoms with Crippen LogP contribution in [0.25, 0.3) is 10.9 Å². The summed E-state index contributed by atoms with van der Waals surface area (Å²) in [6, 6.07) is 17.6. The van der Waals surface area contributed by atoms with Gasteiger partial charge in [0.15, 0.2) is 0 Å². The average molecular weight is 292 g/mol. The lowest BCUT2D eigenvalue weighted by Gasteiger charge is -2.12. The van der Waals surface area contributed by atoms with Gasteiger partial charge in [-0.05, 0) is 36.8 Å². The molecule has 0 radical (unpaired) electrons. The van der Waals surface area contributed by atoms with Crippen molar-refractivity contribution in [3.8, 4) is 0 Å². The Kier molecular flexibility index (Phi) is 3.74. The SMILES string of the molecule is Cc1cccc(Nc2cc(CC(=O)O)nc3ccccc23)c1. The summed E-state index contributed by atoms with van der Waals surface area (Å²) in [6.07, 6.45) is -0.0899. The van der Waals surface area contributed by atoms with E-state index in [1.54, 1.807) is 6.07 Å². The second-order valence-corrected chi connectivity index (χ2v) is 5.24. The van der Waals surface area contributed by atoms with Crippen molar-refractivity contribution in [3.05, 3.63) is 65.9 Å². The molecular weight excluding hydrogens is 276 g/mol. The van der Waals surface area contributed by atoms with Gasteiger partial charge in [-0.25, -0.2) is 0 Å². The van der Waals surface area contributed by atoms with Crippen LogP contribution in [0.15, 0.2) is 54.6 Å². The van der Waals surface area contributed by atoms with Crippen LogP contribution in [-0.2, 0) is 11.2 Å². The van der Waals surface area contributed by atoms with Crippen molar-refractivity contribution in [2.75, 3.05) is 5.32 Å². The molecule has 4 nitrogen and oxygen atoms in total. The molecule has 0 saturated heterocycles. The number of hydrogen-bond acceptors (Lipinski definition) is 3. The van der Waals surface area contributed by atoms with E-state index < -0.39 is 5.97 Å². The molecule has 3 aromatic rings. The Morgan fingerprint density at radius 3 is 2.73 bits per heavy atom. The van der Waals surface area contributed by atoms with Gasteiger partial charge < -0.3 is 10.4 Å². The highest BCUT2D eigenvalue weighted by molar-refractivity contribution is 5.93. The number of aliphatic carboxylic acids is 1. The summed E-state index contributed by atoms with van der Waals surface area (Å²) >= 11 is 0. The third kappa shape index (κ3) is 3.06. The number of nitrogens with one attached hydrogen (secondary N) is 1. The Balaban J connectivity index is 2.07. The maximum Gasteiger partial charge on any atom is 0.309 e. The van der Waals surface area contributed by atoms with Gasteiger partial charge in [0.25, 0.3) is 0 Å². The maximum absolute atomic E-state index is 11.0. The highest BCUT2D eigenvalue weighted by atomic mass is 16.4. The molecule has 0 bridgehead atoms. The molecule has 2 N–H and O–H groups in total. The van der Waals surface area contributed by atoms with Gasteiger partial charge >= 0.3 is 5.97 Å². The lowest BCUT2D eigenvalue weighted by atomic mass is 10.1. The number of aryl methyl sites for hydroxylation is 1. The second-order valence-electron chi connectivity index (χ2n) is 5.24. The predicted molar refractivity (Wildman–Crippen MR) is 87.5 cm³/mol. The molecule has 3 rings (SSSR count). The van der Waals surface area contributed by atoms with Gasteiger partial charge in [-0.2, -0.15) is 0 Å². The fraction of sp³-hybridized carbons (Fsp3) is 0.111. The largest absolute Gasteiger partial charge is 0.481 e. The molecule has 0 atom stereocenters. The molecule has 1 aromatic heterocycles. The average Bonchev–Trinajstić information content (AvgIpc) is 2.46. The minimum Gasteiger partial charge on any atom is -0.481 e. The zero-order chi connectivity index (χ0) is 15.5. The minimum atomic E-state index is -0.885. The Labute approximate surface area is 128 Å². The zero-order valence-corrected chi connectivity index (χ0v) is 12.2. The summed E-state index contributed by atoms with van der Waals surface area (Å²) in [5, 5.41) is 13.3. The monoisotopic (exact) mass is 292 g/mol. The van der Waals surface area contributed by atoms with Crippen LogP contribution in [0.1, 0.15) is 11.3 Å². The molecule has 0 aliphatic rings. The fourth-order valence-corrected chi connectivity index (χ4v) is 2.46. The molecule has 2 aromatic carbocycles. The van der Waals surface area contributed by atoms with Crippen molar-refractivity contribution in [2.24, 2.45) is 0 Å². The molecule has 22 heavy (non-hydrogen) atoms. The van der Waals surface area contributed by atoms with Crippen LogP contribution >= 0.6 is 0 Å². The van der Waals surface area contributed by atoms with Crippen LogP contribution < -0.4 is 5.32 Å². The number of pyridine rings is 1. The molecule has 0 unspecified atom stereocenters. The molecule has 0 aliphatic heterocycles. The van der Waals surface area contributed by atoms with E-state index in [1.807, 2.05) is 55.5 Å². The van der Waals surface area contributed by atoms with Gasteiger partial charge in [0.1, 0.15) is 0 Å². The van der Waals surface area contributed by atoms with E-state index in [9.17, 15) is 4.79 Å². The molecule has 110 valence electrons. The summed E-state index contributed by atoms with van der Waals surface area (Å²) in [5.41, 5.74) is 4.33. The summed E-state index contributed by atoms with van der Waals surface area (Å²) in [7, 11) is 0. The third-order valence-corrected chi connectivity index (χ3v) is 3.40. The first-order chi connectivity index (χ1) is 10.6. The summed E-state index contributed by atoms with van der Waals surface area (Å²) in [5.74, 6) is -0.885. The number of benzene rings is 2. The van der Waals surface area contributed by atoms with E-state index >= 15 is 0 Å². The number of para-hydroxylation sites is 1. The van der Waals surface area contributed by atoms with Crippen LogP contribution in [0.3, 0.4) is 0 Å². The van der Waals surface area contributed by atoms with Gasteiger partial charge in [0.05, 0.1) is 17.6 Å². The highest BCUT2D eigenvalue weighted by Gasteiger charge is 2.09. The van der Waals surface area contributed by atoms with Crippen LogP contribution in [0.4, 0.5) is 11.4 Å². The van der Waals surface area contributed by atoms with Crippen molar-refractivity contribution < 1.29 is 9.90 Å². The topological polar surface area (TPSA) is 62.2 Å². The van der Waals surface area contributed by atoms with Crippen LogP contribution in [0.5, 0.6) is 0 Å². The van der Waals surface area contributed by atoms with Gasteiger partial charge in [-0.3, -0.25) is 9.78 Å². The number of fused-ring (bicyclic) bond motifs is 1. The number of hydrogen-bond donors (Lipinski definition) is 2. The molecule has 0 fully saturated rings. The Morgan fingerprint density at radius 2 is 1.95 bits per heavy atom. The van der Waals surface area contributed by atoms with E-state index in [0.29, 0.717) is 5.69 Å². The van der Waals surface area contributed by atoms with Crippen LogP contribution in [0.2, 0.25) is 0 Å². The normalized spacial score (nSPS) is 10.6. The number of carboxylic acids is 1. The number of rotatable bonds is 4. The third-order valence-electron chi connectivity index (χ3n) is 3.40. The number of nitrogens with zero attached hydrogens (tertiary/aromatic N) is 1. The van der Waals surface area contributed by atoms with E-state index in [0.717, 1.165) is 27.8 Å². The van der Waals surface area contributed by atoms with Crippen molar-refractivity contribution in [1.29, 1.82) is 0 Å². The molecule has 0 aliphatic carbocycles. The van der Waals surface area contributed by atoms with E-state index in [2.05, 4.69) is 10.3 Å². The number of carboxylic acid groups (broad SMARTS) is 1. The van der Waals surface area contributed by atoms with Gasteiger partial charge in [-0.1, -0.05) is 30.3 Å². The van der Waals surface area contributed by atoms with E-state index in [-0.39, 0.29) is 6.42 Å². The highest BCUT2D eigenvalue weighted by Crippen LogP contribution is 2.27. The Morgan fingerprint density at radius 1 is 1.14 bits per heavy atom. The summed E-state index contributed by atoms with van der Waals surface area (Å²) in [4.78, 5) is 15.4. The number of carbonyl (C=O) groups is 1. The van der Waals surface area contributed by atoms with Crippen molar-refractivity contribution in [1.82, 2.24) is 4.98 Å². The fourth-order valence-electron chi connectivity index (χ4n) is 2.46. The first-order valence-electron chi connectivity index (χ1n) is 7.06. The van der Waals surface area contributed by atoms with Crippen LogP contribution in [-0.4, -0.2) is 16.1 Å². The summed E-state index contributed by atoms with van der Waals surface area (Å²) < 4.78 is 0. The molecule has 0 spiro atoms.